The number of ether oxygens (including phenoxy) is 1. The van der Waals surface area contributed by atoms with Crippen molar-refractivity contribution in [1.82, 2.24) is 0 Å². The van der Waals surface area contributed by atoms with E-state index in [9.17, 15) is 13.2 Å². The number of halogens is 3. The maximum atomic E-state index is 12.8. The number of benzene rings is 3. The molecule has 0 fully saturated rings. The standard InChI is InChI=1S/C23H21F3O/c1-15-13-21(27-17(3)18-7-5-4-6-8-18)14-16(2)22(15)19-9-11-20(12-10-19)23(24,25)26/h4-14,17H,1-3H3. The minimum Gasteiger partial charge on any atom is -0.486 e. The first-order valence-corrected chi connectivity index (χ1v) is 8.76. The topological polar surface area (TPSA) is 9.23 Å². The third-order valence-corrected chi connectivity index (χ3v) is 4.59. The molecular weight excluding hydrogens is 349 g/mol. The Balaban J connectivity index is 1.87. The van der Waals surface area contributed by atoms with Crippen molar-refractivity contribution in [2.45, 2.75) is 33.1 Å². The molecular formula is C23H21F3O. The summed E-state index contributed by atoms with van der Waals surface area (Å²) in [4.78, 5) is 0. The molecule has 0 N–H and O–H groups in total. The van der Waals surface area contributed by atoms with Crippen LogP contribution in [0.3, 0.4) is 0 Å². The Morgan fingerprint density at radius 3 is 1.89 bits per heavy atom. The summed E-state index contributed by atoms with van der Waals surface area (Å²) in [5.41, 5.74) is 4.07. The largest absolute Gasteiger partial charge is 0.486 e. The van der Waals surface area contributed by atoms with Crippen LogP contribution in [0.1, 0.15) is 35.3 Å². The molecule has 0 aliphatic rings. The van der Waals surface area contributed by atoms with Crippen molar-refractivity contribution in [2.24, 2.45) is 0 Å². The Kier molecular flexibility index (Phi) is 5.26. The van der Waals surface area contributed by atoms with Crippen LogP contribution in [0.5, 0.6) is 5.75 Å². The van der Waals surface area contributed by atoms with Crippen LogP contribution in [0.4, 0.5) is 13.2 Å². The molecule has 0 saturated heterocycles. The predicted octanol–water partition coefficient (Wildman–Crippen LogP) is 7.13. The molecule has 0 aliphatic heterocycles. The van der Waals surface area contributed by atoms with E-state index in [1.165, 1.54) is 12.1 Å². The first-order valence-electron chi connectivity index (χ1n) is 8.76. The van der Waals surface area contributed by atoms with E-state index in [-0.39, 0.29) is 6.10 Å². The van der Waals surface area contributed by atoms with E-state index >= 15 is 0 Å². The van der Waals surface area contributed by atoms with E-state index < -0.39 is 11.7 Å². The molecule has 0 heterocycles. The average Bonchev–Trinajstić information content (AvgIpc) is 2.61. The van der Waals surface area contributed by atoms with Gasteiger partial charge in [0.25, 0.3) is 0 Å². The molecule has 0 amide bonds. The highest BCUT2D eigenvalue weighted by Gasteiger charge is 2.30. The van der Waals surface area contributed by atoms with E-state index in [0.29, 0.717) is 0 Å². The van der Waals surface area contributed by atoms with E-state index in [2.05, 4.69) is 0 Å². The summed E-state index contributed by atoms with van der Waals surface area (Å²) in [5, 5.41) is 0. The fourth-order valence-corrected chi connectivity index (χ4v) is 3.27. The van der Waals surface area contributed by atoms with Crippen molar-refractivity contribution in [3.05, 3.63) is 89.0 Å². The van der Waals surface area contributed by atoms with Crippen molar-refractivity contribution in [3.8, 4) is 16.9 Å². The van der Waals surface area contributed by atoms with Crippen molar-refractivity contribution in [2.75, 3.05) is 0 Å². The number of alkyl halides is 3. The van der Waals surface area contributed by atoms with Gasteiger partial charge in [0, 0.05) is 0 Å². The maximum Gasteiger partial charge on any atom is 0.416 e. The normalized spacial score (nSPS) is 12.7. The van der Waals surface area contributed by atoms with Gasteiger partial charge >= 0.3 is 6.18 Å². The van der Waals surface area contributed by atoms with Crippen molar-refractivity contribution >= 4 is 0 Å². The minimum absolute atomic E-state index is 0.0954. The second-order valence-electron chi connectivity index (χ2n) is 6.68. The lowest BCUT2D eigenvalue weighted by atomic mass is 9.94. The fraction of sp³-hybridized carbons (Fsp3) is 0.217. The molecule has 27 heavy (non-hydrogen) atoms. The van der Waals surface area contributed by atoms with Crippen LogP contribution < -0.4 is 4.74 Å². The summed E-state index contributed by atoms with van der Waals surface area (Å²) in [6.45, 7) is 5.88. The van der Waals surface area contributed by atoms with Crippen LogP contribution in [-0.2, 0) is 6.18 Å². The molecule has 3 rings (SSSR count). The Bertz CT molecular complexity index is 890. The highest BCUT2D eigenvalue weighted by Crippen LogP contribution is 2.35. The van der Waals surface area contributed by atoms with E-state index in [1.807, 2.05) is 63.2 Å². The zero-order valence-electron chi connectivity index (χ0n) is 15.5. The third kappa shape index (κ3) is 4.33. The SMILES string of the molecule is Cc1cc(OC(C)c2ccccc2)cc(C)c1-c1ccc(C(F)(F)F)cc1. The van der Waals surface area contributed by atoms with E-state index in [4.69, 9.17) is 4.74 Å². The van der Waals surface area contributed by atoms with Crippen LogP contribution >= 0.6 is 0 Å². The van der Waals surface area contributed by atoms with Gasteiger partial charge in [-0.1, -0.05) is 42.5 Å². The average molecular weight is 370 g/mol. The number of hydrogen-bond acceptors (Lipinski definition) is 1. The van der Waals surface area contributed by atoms with E-state index in [0.717, 1.165) is 45.7 Å². The highest BCUT2D eigenvalue weighted by atomic mass is 19.4. The van der Waals surface area contributed by atoms with Gasteiger partial charge in [0.2, 0.25) is 0 Å². The van der Waals surface area contributed by atoms with Crippen LogP contribution in [-0.4, -0.2) is 0 Å². The number of aryl methyl sites for hydroxylation is 2. The van der Waals surface area contributed by atoms with Gasteiger partial charge in [0.1, 0.15) is 11.9 Å². The van der Waals surface area contributed by atoms with Gasteiger partial charge in [-0.05, 0) is 72.9 Å². The molecule has 1 unspecified atom stereocenters. The summed E-state index contributed by atoms with van der Waals surface area (Å²) in [6.07, 6.45) is -4.42. The van der Waals surface area contributed by atoms with Gasteiger partial charge in [-0.25, -0.2) is 0 Å². The monoisotopic (exact) mass is 370 g/mol. The smallest absolute Gasteiger partial charge is 0.416 e. The van der Waals surface area contributed by atoms with Gasteiger partial charge in [0.05, 0.1) is 5.56 Å². The molecule has 140 valence electrons. The van der Waals surface area contributed by atoms with Crippen LogP contribution in [0.2, 0.25) is 0 Å². The lowest BCUT2D eigenvalue weighted by molar-refractivity contribution is -0.137. The summed E-state index contributed by atoms with van der Waals surface area (Å²) in [7, 11) is 0. The lowest BCUT2D eigenvalue weighted by Crippen LogP contribution is -2.04. The molecule has 0 spiro atoms. The molecule has 3 aromatic carbocycles. The summed E-state index contributed by atoms with van der Waals surface area (Å²) < 4.78 is 44.4. The maximum absolute atomic E-state index is 12.8. The summed E-state index contributed by atoms with van der Waals surface area (Å²) >= 11 is 0. The van der Waals surface area contributed by atoms with Gasteiger partial charge in [-0.15, -0.1) is 0 Å². The van der Waals surface area contributed by atoms with Crippen molar-refractivity contribution in [3.63, 3.8) is 0 Å². The zero-order valence-corrected chi connectivity index (χ0v) is 15.5. The van der Waals surface area contributed by atoms with Gasteiger partial charge in [0.15, 0.2) is 0 Å². The Labute approximate surface area is 157 Å². The minimum atomic E-state index is -4.33. The Hall–Kier alpha value is -2.75. The lowest BCUT2D eigenvalue weighted by Gasteiger charge is -2.18. The molecule has 0 saturated carbocycles. The quantitative estimate of drug-likeness (QED) is 0.475. The molecule has 0 bridgehead atoms. The van der Waals surface area contributed by atoms with Crippen molar-refractivity contribution in [1.29, 1.82) is 0 Å². The molecule has 0 aromatic heterocycles. The van der Waals surface area contributed by atoms with Crippen LogP contribution in [0.25, 0.3) is 11.1 Å². The van der Waals surface area contributed by atoms with Crippen LogP contribution in [0, 0.1) is 13.8 Å². The first kappa shape index (κ1) is 19.0. The number of hydrogen-bond donors (Lipinski definition) is 0. The van der Waals surface area contributed by atoms with Gasteiger partial charge < -0.3 is 4.74 Å². The second-order valence-corrected chi connectivity index (χ2v) is 6.68. The molecule has 4 heteroatoms. The Morgan fingerprint density at radius 2 is 1.37 bits per heavy atom. The summed E-state index contributed by atoms with van der Waals surface area (Å²) in [5.74, 6) is 0.747. The second kappa shape index (κ2) is 7.47. The first-order chi connectivity index (χ1) is 12.8. The summed E-state index contributed by atoms with van der Waals surface area (Å²) in [6, 6.07) is 19.1. The Morgan fingerprint density at radius 1 is 0.815 bits per heavy atom. The van der Waals surface area contributed by atoms with Gasteiger partial charge in [-0.3, -0.25) is 0 Å². The fourth-order valence-electron chi connectivity index (χ4n) is 3.27. The molecule has 0 aliphatic carbocycles. The highest BCUT2D eigenvalue weighted by molar-refractivity contribution is 5.72. The molecule has 3 aromatic rings. The van der Waals surface area contributed by atoms with E-state index in [1.54, 1.807) is 0 Å². The molecule has 0 radical (unpaired) electrons. The zero-order chi connectivity index (χ0) is 19.6. The predicted molar refractivity (Wildman–Crippen MR) is 102 cm³/mol. The van der Waals surface area contributed by atoms with Crippen molar-refractivity contribution < 1.29 is 17.9 Å². The molecule has 1 nitrogen and oxygen atoms in total. The third-order valence-electron chi connectivity index (χ3n) is 4.59. The molecule has 1 atom stereocenters. The number of rotatable bonds is 4. The van der Waals surface area contributed by atoms with Gasteiger partial charge in [-0.2, -0.15) is 13.2 Å². The van der Waals surface area contributed by atoms with Crippen LogP contribution in [0.15, 0.2) is 66.7 Å².